The lowest BCUT2D eigenvalue weighted by Gasteiger charge is -2.04. The summed E-state index contributed by atoms with van der Waals surface area (Å²) in [5.41, 5.74) is 6.52. The number of aromatic nitrogens is 2. The first-order valence-corrected chi connectivity index (χ1v) is 5.89. The molecule has 16 heavy (non-hydrogen) atoms. The fourth-order valence-electron chi connectivity index (χ4n) is 1.29. The Hall–Kier alpha value is -1.75. The van der Waals surface area contributed by atoms with E-state index >= 15 is 0 Å². The summed E-state index contributed by atoms with van der Waals surface area (Å²) in [6, 6.07) is 8.44. The third-order valence-electron chi connectivity index (χ3n) is 2.06. The van der Waals surface area contributed by atoms with Gasteiger partial charge in [0.25, 0.3) is 0 Å². The van der Waals surface area contributed by atoms with E-state index in [0.717, 1.165) is 10.6 Å². The Morgan fingerprint density at radius 2 is 1.88 bits per heavy atom. The Bertz CT molecular complexity index is 499. The van der Waals surface area contributed by atoms with Crippen molar-refractivity contribution < 1.29 is 5.11 Å². The van der Waals surface area contributed by atoms with Crippen LogP contribution in [0.4, 0.5) is 5.82 Å². The molecule has 0 unspecified atom stereocenters. The lowest BCUT2D eigenvalue weighted by Crippen LogP contribution is -1.96. The van der Waals surface area contributed by atoms with Crippen molar-refractivity contribution in [2.24, 2.45) is 0 Å². The minimum absolute atomic E-state index is 0.220. The van der Waals surface area contributed by atoms with Gasteiger partial charge in [0.15, 0.2) is 5.82 Å². The summed E-state index contributed by atoms with van der Waals surface area (Å²) in [5, 5.41) is 10.0. The molecule has 3 N–H and O–H groups in total. The van der Waals surface area contributed by atoms with Crippen LogP contribution in [0.3, 0.4) is 0 Å². The summed E-state index contributed by atoms with van der Waals surface area (Å²) in [6.07, 6.45) is 1.93. The Labute approximate surface area is 97.5 Å². The fraction of sp³-hybridized carbons (Fsp3) is 0.0909. The van der Waals surface area contributed by atoms with E-state index in [-0.39, 0.29) is 5.75 Å². The zero-order valence-electron chi connectivity index (χ0n) is 8.71. The Morgan fingerprint density at radius 1 is 1.19 bits per heavy atom. The molecule has 4 nitrogen and oxygen atoms in total. The molecule has 82 valence electrons. The number of thioether (sulfide) groups is 1. The van der Waals surface area contributed by atoms with Crippen LogP contribution in [0.15, 0.2) is 35.4 Å². The molecule has 0 bridgehead atoms. The molecule has 1 heterocycles. The van der Waals surface area contributed by atoms with E-state index in [1.807, 2.05) is 6.26 Å². The summed E-state index contributed by atoms with van der Waals surface area (Å²) < 4.78 is 0. The highest BCUT2D eigenvalue weighted by Gasteiger charge is 2.04. The lowest BCUT2D eigenvalue weighted by atomic mass is 10.2. The molecule has 2 aromatic rings. The van der Waals surface area contributed by atoms with Gasteiger partial charge in [-0.15, -0.1) is 11.8 Å². The fourth-order valence-corrected chi connectivity index (χ4v) is 1.70. The maximum Gasteiger partial charge on any atom is 0.162 e. The summed E-state index contributed by atoms with van der Waals surface area (Å²) in [5.74, 6) is 1.24. The predicted molar refractivity (Wildman–Crippen MR) is 65.3 cm³/mol. The van der Waals surface area contributed by atoms with E-state index in [2.05, 4.69) is 9.97 Å². The van der Waals surface area contributed by atoms with Gasteiger partial charge in [-0.1, -0.05) is 0 Å². The van der Waals surface area contributed by atoms with Gasteiger partial charge in [0.05, 0.1) is 0 Å². The minimum atomic E-state index is 0.220. The molecule has 1 aromatic carbocycles. The second kappa shape index (κ2) is 4.40. The van der Waals surface area contributed by atoms with E-state index < -0.39 is 0 Å². The number of benzene rings is 1. The molecular weight excluding hydrogens is 222 g/mol. The van der Waals surface area contributed by atoms with Crippen LogP contribution in [0.25, 0.3) is 11.4 Å². The van der Waals surface area contributed by atoms with E-state index in [4.69, 9.17) is 5.73 Å². The number of aromatic hydroxyl groups is 1. The number of nitrogens with zero attached hydrogens (tertiary/aromatic N) is 2. The van der Waals surface area contributed by atoms with Crippen molar-refractivity contribution in [3.63, 3.8) is 0 Å². The Morgan fingerprint density at radius 3 is 2.50 bits per heavy atom. The monoisotopic (exact) mass is 233 g/mol. The normalized spacial score (nSPS) is 10.3. The highest BCUT2D eigenvalue weighted by Crippen LogP contribution is 2.22. The Balaban J connectivity index is 2.47. The van der Waals surface area contributed by atoms with Gasteiger partial charge < -0.3 is 10.8 Å². The van der Waals surface area contributed by atoms with E-state index in [1.165, 1.54) is 11.8 Å². The maximum absolute atomic E-state index is 9.19. The number of hydrogen-bond donors (Lipinski definition) is 2. The number of hydrogen-bond acceptors (Lipinski definition) is 5. The van der Waals surface area contributed by atoms with Crippen LogP contribution in [0.5, 0.6) is 5.75 Å². The third-order valence-corrected chi connectivity index (χ3v) is 2.68. The van der Waals surface area contributed by atoms with Crippen LogP contribution in [-0.4, -0.2) is 21.3 Å². The van der Waals surface area contributed by atoms with E-state index in [1.54, 1.807) is 30.3 Å². The van der Waals surface area contributed by atoms with Crippen molar-refractivity contribution in [3.8, 4) is 17.1 Å². The number of nitrogen functional groups attached to an aromatic ring is 1. The molecule has 0 spiro atoms. The number of phenols is 1. The van der Waals surface area contributed by atoms with Crippen LogP contribution in [0, 0.1) is 0 Å². The summed E-state index contributed by atoms with van der Waals surface area (Å²) >= 11 is 1.51. The number of phenolic OH excluding ortho intramolecular Hbond substituents is 1. The molecule has 0 aliphatic rings. The molecule has 0 amide bonds. The first-order valence-electron chi connectivity index (χ1n) is 4.67. The largest absolute Gasteiger partial charge is 0.508 e. The van der Waals surface area contributed by atoms with Gasteiger partial charge in [0.1, 0.15) is 16.6 Å². The van der Waals surface area contributed by atoms with Gasteiger partial charge in [0, 0.05) is 11.6 Å². The number of anilines is 1. The highest BCUT2D eigenvalue weighted by atomic mass is 32.2. The first kappa shape index (κ1) is 10.8. The van der Waals surface area contributed by atoms with Crippen molar-refractivity contribution in [1.29, 1.82) is 0 Å². The van der Waals surface area contributed by atoms with E-state index in [9.17, 15) is 5.11 Å². The predicted octanol–water partition coefficient (Wildman–Crippen LogP) is 2.15. The van der Waals surface area contributed by atoms with Gasteiger partial charge in [-0.2, -0.15) is 0 Å². The summed E-state index contributed by atoms with van der Waals surface area (Å²) in [6.45, 7) is 0. The molecule has 0 fully saturated rings. The van der Waals surface area contributed by atoms with Crippen LogP contribution < -0.4 is 5.73 Å². The standard InChI is InChI=1S/C11H11N3OS/c1-16-10-6-9(12)13-11(14-10)7-2-4-8(15)5-3-7/h2-6,15H,1H3,(H2,12,13,14). The van der Waals surface area contributed by atoms with Gasteiger partial charge in [-0.3, -0.25) is 0 Å². The third kappa shape index (κ3) is 2.25. The average molecular weight is 233 g/mol. The summed E-state index contributed by atoms with van der Waals surface area (Å²) in [4.78, 5) is 8.50. The SMILES string of the molecule is CSc1cc(N)nc(-c2ccc(O)cc2)n1. The quantitative estimate of drug-likeness (QED) is 0.614. The number of rotatable bonds is 2. The highest BCUT2D eigenvalue weighted by molar-refractivity contribution is 7.98. The zero-order valence-corrected chi connectivity index (χ0v) is 9.53. The van der Waals surface area contributed by atoms with Crippen LogP contribution in [0.1, 0.15) is 0 Å². The van der Waals surface area contributed by atoms with Crippen molar-refractivity contribution in [1.82, 2.24) is 9.97 Å². The molecule has 1 aromatic heterocycles. The molecule has 0 atom stereocenters. The lowest BCUT2D eigenvalue weighted by molar-refractivity contribution is 0.475. The number of nitrogens with two attached hydrogens (primary N) is 1. The molecule has 0 aliphatic heterocycles. The zero-order chi connectivity index (χ0) is 11.5. The van der Waals surface area contributed by atoms with E-state index in [0.29, 0.717) is 11.6 Å². The second-order valence-electron chi connectivity index (χ2n) is 3.21. The molecule has 2 rings (SSSR count). The minimum Gasteiger partial charge on any atom is -0.508 e. The first-order chi connectivity index (χ1) is 7.69. The molecule has 5 heteroatoms. The maximum atomic E-state index is 9.19. The van der Waals surface area contributed by atoms with Gasteiger partial charge >= 0.3 is 0 Å². The molecule has 0 aliphatic carbocycles. The Kier molecular flexibility index (Phi) is 2.96. The topological polar surface area (TPSA) is 72.0 Å². The van der Waals surface area contributed by atoms with Gasteiger partial charge in [0.2, 0.25) is 0 Å². The van der Waals surface area contributed by atoms with Crippen molar-refractivity contribution >= 4 is 17.6 Å². The van der Waals surface area contributed by atoms with Gasteiger partial charge in [-0.25, -0.2) is 9.97 Å². The second-order valence-corrected chi connectivity index (χ2v) is 4.03. The molecule has 0 radical (unpaired) electrons. The molecule has 0 saturated carbocycles. The van der Waals surface area contributed by atoms with Crippen LogP contribution in [-0.2, 0) is 0 Å². The van der Waals surface area contributed by atoms with Crippen molar-refractivity contribution in [3.05, 3.63) is 30.3 Å². The van der Waals surface area contributed by atoms with Crippen molar-refractivity contribution in [2.75, 3.05) is 12.0 Å². The summed E-state index contributed by atoms with van der Waals surface area (Å²) in [7, 11) is 0. The smallest absolute Gasteiger partial charge is 0.162 e. The van der Waals surface area contributed by atoms with Gasteiger partial charge in [-0.05, 0) is 30.5 Å². The van der Waals surface area contributed by atoms with Crippen LogP contribution >= 0.6 is 11.8 Å². The average Bonchev–Trinajstić information content (AvgIpc) is 2.29. The molecular formula is C11H11N3OS. The molecule has 0 saturated heterocycles. The van der Waals surface area contributed by atoms with Crippen molar-refractivity contribution in [2.45, 2.75) is 5.03 Å². The van der Waals surface area contributed by atoms with Crippen LogP contribution in [0.2, 0.25) is 0 Å².